The molecule has 16 heteroatoms. The van der Waals surface area contributed by atoms with Gasteiger partial charge >= 0.3 is 69.4 Å². The number of hydrogen-bond donors (Lipinski definition) is 4. The molecule has 0 aromatic heterocycles. The van der Waals surface area contributed by atoms with E-state index >= 15 is 0 Å². The zero-order chi connectivity index (χ0) is 79.8. The van der Waals surface area contributed by atoms with Gasteiger partial charge in [0.25, 0.3) is 0 Å². The summed E-state index contributed by atoms with van der Waals surface area (Å²) < 4.78 is 0. The Morgan fingerprint density at radius 2 is 0.595 bits per heavy atom. The van der Waals surface area contributed by atoms with E-state index in [9.17, 15) is 0 Å². The summed E-state index contributed by atoms with van der Waals surface area (Å²) in [6.07, 6.45) is 1.61. The Morgan fingerprint density at radius 3 is 0.917 bits per heavy atom. The smallest absolute Gasteiger partial charge is 0.358 e. The fourth-order valence-electron chi connectivity index (χ4n) is 13.8. The molecule has 121 heavy (non-hydrogen) atoms. The quantitative estimate of drug-likeness (QED) is 0.0264. The van der Waals surface area contributed by atoms with Crippen LogP contribution in [0.4, 0.5) is 22.7 Å². The summed E-state index contributed by atoms with van der Waals surface area (Å²) in [5.41, 5.74) is 29.5. The van der Waals surface area contributed by atoms with Gasteiger partial charge < -0.3 is 59.4 Å². The van der Waals surface area contributed by atoms with E-state index in [1.165, 1.54) is 99.6 Å². The maximum Gasteiger partial charge on any atom is 2.00 e. The standard InChI is InChI=1S/C30H31N2P.C24H35N2P.C22H31N2P.C21H29N2P.8CH3.4Cr/c1-22-15-17-26(18-16-22)21-29(31-30-24(3)19-23(2)20-25(30)4)32-33(27-11-7-5-8-12-27)28-13-9-6-10-14-28;1-16(2)27(17(3)4)26-23(15-22-11-9-18(5)10-12-22)25-24-20(7)13-19(6)14-21(24)8;1-15-13-16(2)20(17(3)14-15)23-21(24-25(7)8)18-9-11-19(12-10-18)22(4,5)6;1-15(2)24(16(3)4)23-21(19-10-8-7-9-11-19)22-20-13-17(5)12-18(6)14-20;;;;;;;;;;;;/h5-20H,21H2,1-4H3,(H,31,32);9-14,16-17H,15H2,1-8H3,(H,25,26);9-14H,1-8H3,(H,23,24);7-16H,1-6H3,(H,22,23);8*1H3;;;;/q;;;;8*-1;4*+2/p+4. The monoisotopic (exact) mass is 1860 g/mol. The van der Waals surface area contributed by atoms with Crippen LogP contribution in [0.25, 0.3) is 0 Å². The van der Waals surface area contributed by atoms with Gasteiger partial charge in [-0.3, -0.25) is 0 Å². The minimum Gasteiger partial charge on any atom is -0.358 e. The predicted octanol–water partition coefficient (Wildman–Crippen LogP) is 28.8. The molecular formula is C105H154Cr4N8P4+4. The summed E-state index contributed by atoms with van der Waals surface area (Å²) in [6, 6.07) is 78.2. The van der Waals surface area contributed by atoms with Gasteiger partial charge in [0.2, 0.25) is 0 Å². The Morgan fingerprint density at radius 1 is 0.306 bits per heavy atom. The van der Waals surface area contributed by atoms with Crippen LogP contribution < -0.4 is 31.0 Å². The minimum atomic E-state index is -1.26. The van der Waals surface area contributed by atoms with E-state index in [0.717, 1.165) is 70.1 Å². The van der Waals surface area contributed by atoms with Crippen LogP contribution in [0.5, 0.6) is 0 Å². The van der Waals surface area contributed by atoms with E-state index in [1.54, 1.807) is 0 Å². The average Bonchev–Trinajstić information content (AvgIpc) is 1.08. The number of nitrogens with zero attached hydrogens (tertiary/aromatic N) is 4. The molecule has 10 aromatic rings. The molecule has 0 aliphatic heterocycles. The van der Waals surface area contributed by atoms with Crippen molar-refractivity contribution in [2.24, 2.45) is 20.0 Å². The van der Waals surface area contributed by atoms with E-state index < -0.39 is 32.3 Å². The fraction of sp³-hybridized carbons (Fsp3) is 0.314. The summed E-state index contributed by atoms with van der Waals surface area (Å²) in [6.45, 7) is 57.6. The number of aryl methyl sites for hydroxylation is 13. The van der Waals surface area contributed by atoms with Crippen molar-refractivity contribution in [1.82, 2.24) is 20.3 Å². The predicted molar refractivity (Wildman–Crippen MR) is 547 cm³/mol. The van der Waals surface area contributed by atoms with Crippen molar-refractivity contribution in [3.63, 3.8) is 0 Å². The Hall–Kier alpha value is -6.07. The van der Waals surface area contributed by atoms with Gasteiger partial charge in [-0.25, -0.2) is 40.3 Å². The normalized spacial score (nSPS) is 11.0. The minimum absolute atomic E-state index is 0. The second kappa shape index (κ2) is 61.3. The number of hydrogen-bond acceptors (Lipinski definition) is 4. The Kier molecular flexibility index (Phi) is 63.7. The van der Waals surface area contributed by atoms with Gasteiger partial charge in [-0.1, -0.05) is 231 Å². The van der Waals surface area contributed by atoms with Crippen LogP contribution in [0.15, 0.2) is 238 Å². The molecule has 10 rings (SSSR count). The third kappa shape index (κ3) is 41.3. The summed E-state index contributed by atoms with van der Waals surface area (Å²) in [5.74, 6) is 4.09. The van der Waals surface area contributed by atoms with Crippen molar-refractivity contribution >= 4 is 89.0 Å². The summed E-state index contributed by atoms with van der Waals surface area (Å²) in [5, 5.41) is 17.9. The molecule has 10 aromatic carbocycles. The summed E-state index contributed by atoms with van der Waals surface area (Å²) in [4.78, 5) is 20.4. The van der Waals surface area contributed by atoms with Gasteiger partial charge in [0.1, 0.15) is 22.3 Å². The third-order valence-corrected chi connectivity index (χ3v) is 28.1. The van der Waals surface area contributed by atoms with Gasteiger partial charge in [0, 0.05) is 24.0 Å². The third-order valence-electron chi connectivity index (χ3n) is 18.9. The van der Waals surface area contributed by atoms with Crippen molar-refractivity contribution in [2.75, 3.05) is 13.3 Å². The van der Waals surface area contributed by atoms with E-state index in [4.69, 9.17) is 20.0 Å². The van der Waals surface area contributed by atoms with Crippen LogP contribution in [-0.4, -0.2) is 59.3 Å². The van der Waals surface area contributed by atoms with Gasteiger partial charge in [0.15, 0.2) is 19.7 Å². The van der Waals surface area contributed by atoms with Crippen molar-refractivity contribution < 1.29 is 69.4 Å². The zero-order valence-electron chi connectivity index (χ0n) is 80.4. The van der Waals surface area contributed by atoms with E-state index in [1.807, 2.05) is 0 Å². The molecule has 0 saturated carbocycles. The zero-order valence-corrected chi connectivity index (χ0v) is 89.5. The molecule has 0 bridgehead atoms. The Bertz CT molecular complexity index is 4530. The Labute approximate surface area is 790 Å². The van der Waals surface area contributed by atoms with Crippen molar-refractivity contribution in [3.05, 3.63) is 378 Å². The molecule has 0 atom stereocenters. The van der Waals surface area contributed by atoms with Gasteiger partial charge in [-0.2, -0.15) is 0 Å². The second-order valence-electron chi connectivity index (χ2n) is 32.3. The topological polar surface area (TPSA) is 97.6 Å². The molecule has 0 spiro atoms. The molecule has 8 nitrogen and oxygen atoms in total. The van der Waals surface area contributed by atoms with Gasteiger partial charge in [0.05, 0.1) is 82.9 Å². The fourth-order valence-corrected chi connectivity index (χ4v) is 21.3. The van der Waals surface area contributed by atoms with E-state index in [0.29, 0.717) is 22.6 Å². The van der Waals surface area contributed by atoms with Crippen molar-refractivity contribution in [3.8, 4) is 0 Å². The number of benzene rings is 10. The first kappa shape index (κ1) is 126. The molecule has 0 aliphatic carbocycles. The molecular weight excluding hydrogens is 1710 g/mol. The largest absolute Gasteiger partial charge is 2.00 e. The first-order valence-corrected chi connectivity index (χ1v) is 46.4. The average molecular weight is 1860 g/mol. The first-order chi connectivity index (χ1) is 51.6. The Balaban J connectivity index is -0.000000355. The van der Waals surface area contributed by atoms with E-state index in [-0.39, 0.29) is 134 Å². The van der Waals surface area contributed by atoms with Gasteiger partial charge in [-0.05, 0) is 248 Å². The molecule has 0 saturated heterocycles. The SMILES string of the molecule is Cc1cc(C)c(N=C(N[PH+](C)C)c2ccc(C(C)(C)C)cc2)c(C)c1.Cc1cc(C)cc(N=C(N[PH+](C(C)C)C(C)C)c2ccccc2)c1.Cc1ccc(CC(=Nc2c(C)cc(C)cc2C)N[PH+](C(C)C)C(C)C)cc1.Cc1ccc(CC(=Nc2c(C)cc(C)cc2C)N[PH+](c2ccccc2)c2ccccc2)cc1.[CH3-].[CH3-].[CH3-].[CH3-].[CH3-].[CH3-].[CH3-].[CH3-].[Cr+2].[Cr+2].[Cr+2].[Cr+2]. The van der Waals surface area contributed by atoms with Crippen LogP contribution >= 0.6 is 32.3 Å². The second-order valence-corrected chi connectivity index (χ2v) is 43.6. The van der Waals surface area contributed by atoms with Crippen LogP contribution in [0.1, 0.15) is 176 Å². The van der Waals surface area contributed by atoms with Gasteiger partial charge in [-0.15, -0.1) is 0 Å². The molecule has 0 amide bonds. The summed E-state index contributed by atoms with van der Waals surface area (Å²) in [7, 11) is -3.39. The van der Waals surface area contributed by atoms with Crippen molar-refractivity contribution in [2.45, 2.75) is 207 Å². The number of rotatable bonds is 20. The maximum absolute atomic E-state index is 5.24. The van der Waals surface area contributed by atoms with Crippen molar-refractivity contribution in [1.29, 1.82) is 0 Å². The van der Waals surface area contributed by atoms with E-state index in [2.05, 4.69) is 418 Å². The molecule has 4 N–H and O–H groups in total. The first-order valence-electron chi connectivity index (χ1n) is 39.1. The molecule has 0 aliphatic rings. The molecule has 0 fully saturated rings. The van der Waals surface area contributed by atoms with Crippen LogP contribution in [-0.2, 0) is 87.7 Å². The molecule has 0 radical (unpaired) electrons. The molecule has 0 unspecified atom stereocenters. The van der Waals surface area contributed by atoms with Crippen LogP contribution in [0, 0.1) is 149 Å². The number of aliphatic imine (C=N–C) groups is 4. The van der Waals surface area contributed by atoms with Crippen LogP contribution in [0.3, 0.4) is 0 Å². The number of nitrogens with one attached hydrogen (secondary N) is 4. The summed E-state index contributed by atoms with van der Waals surface area (Å²) >= 11 is 0. The van der Waals surface area contributed by atoms with Crippen LogP contribution in [0.2, 0.25) is 0 Å². The maximum atomic E-state index is 5.24. The number of amidine groups is 4. The molecule has 654 valence electrons. The molecule has 0 heterocycles.